The zero-order valence-corrected chi connectivity index (χ0v) is 28.3. The van der Waals surface area contributed by atoms with Crippen molar-refractivity contribution in [3.8, 4) is 51.0 Å². The van der Waals surface area contributed by atoms with E-state index in [1.807, 2.05) is 84.9 Å². The minimum atomic E-state index is -3.68. The maximum atomic E-state index is 9.78. The summed E-state index contributed by atoms with van der Waals surface area (Å²) in [6, 6.07) is 22.2. The maximum absolute atomic E-state index is 9.78. The van der Waals surface area contributed by atoms with Gasteiger partial charge in [-0.3, -0.25) is 4.57 Å². The number of rotatable bonds is 4. The van der Waals surface area contributed by atoms with Crippen LogP contribution in [0, 0.1) is 0 Å². The monoisotopic (exact) mass is 712 g/mol. The van der Waals surface area contributed by atoms with Crippen molar-refractivity contribution >= 4 is 53.3 Å². The van der Waals surface area contributed by atoms with Crippen molar-refractivity contribution in [3.05, 3.63) is 169 Å². The molecule has 53 heavy (non-hydrogen) atoms. The second-order valence-corrected chi connectivity index (χ2v) is 13.9. The molecule has 1 aliphatic rings. The van der Waals surface area contributed by atoms with Crippen LogP contribution in [0.3, 0.4) is 0 Å². The van der Waals surface area contributed by atoms with E-state index in [2.05, 4.69) is 0 Å². The predicted octanol–water partition coefficient (Wildman–Crippen LogP) is 12.6. The Hall–Kier alpha value is -6.43. The number of thiophene rings is 1. The highest BCUT2D eigenvalue weighted by molar-refractivity contribution is 7.25. The maximum Gasteiger partial charge on any atom is 0.238 e. The van der Waals surface area contributed by atoms with Crippen LogP contribution in [0.15, 0.2) is 157 Å². The van der Waals surface area contributed by atoms with Crippen LogP contribution in [0.1, 0.15) is 46.8 Å². The normalized spacial score (nSPS) is 18.0. The highest BCUT2D eigenvalue weighted by Crippen LogP contribution is 2.53. The lowest BCUT2D eigenvalue weighted by atomic mass is 9.80. The molecule has 0 N–H and O–H groups in total. The van der Waals surface area contributed by atoms with Crippen LogP contribution in [0.2, 0.25) is 0 Å². The van der Waals surface area contributed by atoms with Gasteiger partial charge in [0.25, 0.3) is 0 Å². The Morgan fingerprint density at radius 3 is 2.17 bits per heavy atom. The van der Waals surface area contributed by atoms with Gasteiger partial charge in [-0.15, -0.1) is 11.3 Å². The second-order valence-electron chi connectivity index (χ2n) is 12.8. The van der Waals surface area contributed by atoms with Crippen molar-refractivity contribution in [2.45, 2.75) is 19.1 Å². The minimum absolute atomic E-state index is 0.0798. The molecule has 3 heterocycles. The van der Waals surface area contributed by atoms with Gasteiger partial charge in [0.15, 0.2) is 11.6 Å². The van der Waals surface area contributed by atoms with Crippen LogP contribution in [0.25, 0.3) is 93.0 Å². The third-order valence-corrected chi connectivity index (χ3v) is 10.9. The number of para-hydroxylation sites is 1. The van der Waals surface area contributed by atoms with Gasteiger partial charge in [-0.1, -0.05) is 147 Å². The zero-order valence-electron chi connectivity index (χ0n) is 43.4. The van der Waals surface area contributed by atoms with E-state index in [0.29, 0.717) is 11.1 Å². The summed E-state index contributed by atoms with van der Waals surface area (Å²) in [6.07, 6.45) is 0. The first kappa shape index (κ1) is 18.4. The highest BCUT2D eigenvalue weighted by atomic mass is 32.1. The second kappa shape index (κ2) is 11.3. The summed E-state index contributed by atoms with van der Waals surface area (Å²) in [4.78, 5) is 14.9. The first-order chi connectivity index (χ1) is 32.7. The molecule has 0 atom stereocenters. The largest absolute Gasteiger partial charge is 0.278 e. The van der Waals surface area contributed by atoms with E-state index in [9.17, 15) is 5.48 Å². The molecule has 0 saturated carbocycles. The predicted molar refractivity (Wildman–Crippen MR) is 221 cm³/mol. The van der Waals surface area contributed by atoms with E-state index < -0.39 is 118 Å². The molecular formula is C48H32N4S. The molecule has 0 saturated heterocycles. The lowest BCUT2D eigenvalue weighted by molar-refractivity contribution is 0.666. The van der Waals surface area contributed by atoms with Gasteiger partial charge in [0.05, 0.1) is 24.7 Å². The standard InChI is InChI=1S/C48H32N4S/c1-48(2)37-19-9-6-15-32(37)33-27-28-39-43(44(33)48)34-16-7-10-20-38(34)52(39)47-50-45(31-25-23-30(24-26-31)29-13-4-3-5-14-29)49-46(51-47)36-18-12-22-41-42(36)35-17-8-11-21-40(35)53-41/h3-28H,1-2H3/i1D3,2D3,6D,7D,9D,10D,15D,16D,19D,20D,27D,28D. The fourth-order valence-electron chi connectivity index (χ4n) is 7.45. The molecule has 0 radical (unpaired) electrons. The lowest BCUT2D eigenvalue weighted by Gasteiger charge is -2.22. The summed E-state index contributed by atoms with van der Waals surface area (Å²) < 4.78 is 149. The van der Waals surface area contributed by atoms with E-state index >= 15 is 0 Å². The van der Waals surface area contributed by atoms with Gasteiger partial charge in [-0.25, -0.2) is 4.98 Å². The summed E-state index contributed by atoms with van der Waals surface area (Å²) in [6.45, 7) is -7.36. The lowest BCUT2D eigenvalue weighted by Crippen LogP contribution is -2.15. The van der Waals surface area contributed by atoms with Crippen molar-refractivity contribution in [2.24, 2.45) is 0 Å². The van der Waals surface area contributed by atoms with Crippen molar-refractivity contribution in [3.63, 3.8) is 0 Å². The number of benzene rings is 7. The molecule has 0 spiro atoms. The molecule has 0 bridgehead atoms. The number of hydrogen-bond acceptors (Lipinski definition) is 4. The quantitative estimate of drug-likeness (QED) is 0.182. The fraction of sp³-hybridized carbons (Fsp3) is 0.0625. The molecule has 5 heteroatoms. The van der Waals surface area contributed by atoms with E-state index in [-0.39, 0.29) is 23.1 Å². The molecule has 11 rings (SSSR count). The topological polar surface area (TPSA) is 43.6 Å². The average molecular weight is 713 g/mol. The van der Waals surface area contributed by atoms with Crippen molar-refractivity contribution in [1.82, 2.24) is 19.5 Å². The van der Waals surface area contributed by atoms with Gasteiger partial charge < -0.3 is 0 Å². The number of nitrogens with zero attached hydrogens (tertiary/aromatic N) is 4. The number of hydrogen-bond donors (Lipinski definition) is 0. The molecule has 250 valence electrons. The SMILES string of the molecule is [2H]c1c([2H])c([2H])c2c(c1[2H])-c1c([2H])c([2H])c3c(c1C2(C([2H])([2H])[2H])C([2H])([2H])[2H])c1c([2H])c([2H])c([2H])c([2H])c1n3-c1nc(-c2ccc(-c3ccccc3)cc2)nc(-c2cccc3sc4ccccc4c23)n1. The minimum Gasteiger partial charge on any atom is -0.278 e. The summed E-state index contributed by atoms with van der Waals surface area (Å²) in [5, 5.41) is 0.769. The molecule has 0 aliphatic heterocycles. The van der Waals surface area contributed by atoms with E-state index in [0.717, 1.165) is 35.9 Å². The molecular weight excluding hydrogens is 665 g/mol. The van der Waals surface area contributed by atoms with Crippen LogP contribution >= 0.6 is 11.3 Å². The number of aromatic nitrogens is 4. The Labute approximate surface area is 333 Å². The Morgan fingerprint density at radius 2 is 1.28 bits per heavy atom. The third kappa shape index (κ3) is 4.44. The first-order valence-corrected chi connectivity index (χ1v) is 17.5. The molecule has 0 unspecified atom stereocenters. The van der Waals surface area contributed by atoms with Gasteiger partial charge in [-0.2, -0.15) is 9.97 Å². The van der Waals surface area contributed by atoms with Crippen LogP contribution < -0.4 is 0 Å². The van der Waals surface area contributed by atoms with Crippen molar-refractivity contribution in [2.75, 3.05) is 0 Å². The Morgan fingerprint density at radius 1 is 0.547 bits per heavy atom. The average Bonchev–Trinajstić information content (AvgIpc) is 4.01. The van der Waals surface area contributed by atoms with Crippen LogP contribution in [-0.2, 0) is 5.41 Å². The first-order valence-electron chi connectivity index (χ1n) is 24.7. The molecule has 0 fully saturated rings. The summed E-state index contributed by atoms with van der Waals surface area (Å²) in [7, 11) is 0. The molecule has 4 nitrogen and oxygen atoms in total. The van der Waals surface area contributed by atoms with Crippen LogP contribution in [-0.4, -0.2) is 19.5 Å². The van der Waals surface area contributed by atoms with Gasteiger partial charge in [-0.05, 0) is 57.6 Å². The molecule has 3 aromatic heterocycles. The fourth-order valence-corrected chi connectivity index (χ4v) is 8.59. The Balaban J connectivity index is 1.35. The molecule has 10 aromatic rings. The van der Waals surface area contributed by atoms with E-state index in [4.69, 9.17) is 31.4 Å². The molecule has 0 amide bonds. The molecule has 1 aliphatic carbocycles. The van der Waals surface area contributed by atoms with Gasteiger partial charge in [0, 0.05) is 55.7 Å². The van der Waals surface area contributed by atoms with Crippen molar-refractivity contribution in [1.29, 1.82) is 0 Å². The Bertz CT molecular complexity index is 3870. The van der Waals surface area contributed by atoms with Crippen molar-refractivity contribution < 1.29 is 21.9 Å². The van der Waals surface area contributed by atoms with Crippen LogP contribution in [0.5, 0.6) is 0 Å². The van der Waals surface area contributed by atoms with Gasteiger partial charge in [0.1, 0.15) is 0 Å². The van der Waals surface area contributed by atoms with Gasteiger partial charge >= 0.3 is 0 Å². The van der Waals surface area contributed by atoms with Crippen LogP contribution in [0.4, 0.5) is 0 Å². The summed E-state index contributed by atoms with van der Waals surface area (Å²) in [5.41, 5.74) is -4.09. The number of fused-ring (bicyclic) bond motifs is 10. The summed E-state index contributed by atoms with van der Waals surface area (Å²) in [5.74, 6) is -0.151. The Kier molecular flexibility index (Phi) is 3.91. The summed E-state index contributed by atoms with van der Waals surface area (Å²) >= 11 is 1.55. The smallest absolute Gasteiger partial charge is 0.238 e. The van der Waals surface area contributed by atoms with E-state index in [1.54, 1.807) is 23.5 Å². The highest BCUT2D eigenvalue weighted by Gasteiger charge is 2.38. The third-order valence-electron chi connectivity index (χ3n) is 9.81. The van der Waals surface area contributed by atoms with E-state index in [1.165, 1.54) is 0 Å². The zero-order chi connectivity index (χ0) is 49.0. The molecule has 7 aromatic carbocycles. The van der Waals surface area contributed by atoms with Gasteiger partial charge in [0.2, 0.25) is 5.95 Å².